The molecule has 0 aliphatic carbocycles. The van der Waals surface area contributed by atoms with Gasteiger partial charge in [-0.3, -0.25) is 15.2 Å². The highest BCUT2D eigenvalue weighted by atomic mass is 16.2. The van der Waals surface area contributed by atoms with Crippen molar-refractivity contribution in [1.82, 2.24) is 4.98 Å². The molecule has 4 nitrogen and oxygen atoms in total. The molecule has 3 rings (SSSR count). The van der Waals surface area contributed by atoms with E-state index in [2.05, 4.69) is 10.4 Å². The molecule has 2 heterocycles. The summed E-state index contributed by atoms with van der Waals surface area (Å²) in [6, 6.07) is 9.73. The van der Waals surface area contributed by atoms with Crippen molar-refractivity contribution in [2.24, 2.45) is 0 Å². The molecule has 0 atom stereocenters. The van der Waals surface area contributed by atoms with Gasteiger partial charge >= 0.3 is 0 Å². The number of nitrogens with one attached hydrogen (secondary N) is 1. The minimum absolute atomic E-state index is 0.0624. The topological polar surface area (TPSA) is 45.2 Å². The van der Waals surface area contributed by atoms with Crippen molar-refractivity contribution in [3.63, 3.8) is 0 Å². The lowest BCUT2D eigenvalue weighted by molar-refractivity contribution is -0.117. The summed E-state index contributed by atoms with van der Waals surface area (Å²) in [7, 11) is 0. The second-order valence-corrected chi connectivity index (χ2v) is 4.39. The number of anilines is 2. The molecule has 1 aromatic heterocycles. The van der Waals surface area contributed by atoms with E-state index in [0.29, 0.717) is 6.42 Å². The molecule has 0 unspecified atom stereocenters. The van der Waals surface area contributed by atoms with Crippen molar-refractivity contribution in [3.05, 3.63) is 53.9 Å². The third kappa shape index (κ3) is 1.82. The van der Waals surface area contributed by atoms with Crippen LogP contribution in [0.2, 0.25) is 0 Å². The third-order valence-corrected chi connectivity index (χ3v) is 2.99. The number of aryl methyl sites for hydroxylation is 1. The molecular formula is C14H13N3O. The molecule has 1 amide bonds. The van der Waals surface area contributed by atoms with Crippen LogP contribution < -0.4 is 10.4 Å². The molecule has 0 saturated heterocycles. The second kappa shape index (κ2) is 4.14. The van der Waals surface area contributed by atoms with Gasteiger partial charge in [-0.15, -0.1) is 0 Å². The number of carbonyl (C=O) groups is 1. The van der Waals surface area contributed by atoms with Gasteiger partial charge in [0.05, 0.1) is 17.8 Å². The third-order valence-electron chi connectivity index (χ3n) is 2.99. The minimum Gasteiger partial charge on any atom is -0.291 e. The van der Waals surface area contributed by atoms with Crippen LogP contribution in [0.25, 0.3) is 0 Å². The fraction of sp³-hybridized carbons (Fsp3) is 0.143. The van der Waals surface area contributed by atoms with Gasteiger partial charge < -0.3 is 0 Å². The number of nitrogens with zero attached hydrogens (tertiary/aromatic N) is 2. The van der Waals surface area contributed by atoms with Crippen LogP contribution in [-0.2, 0) is 11.2 Å². The Bertz CT molecular complexity index is 595. The van der Waals surface area contributed by atoms with E-state index in [-0.39, 0.29) is 5.91 Å². The summed E-state index contributed by atoms with van der Waals surface area (Å²) in [5.74, 6) is 0.0624. The van der Waals surface area contributed by atoms with E-state index in [1.165, 1.54) is 0 Å². The normalized spacial score (nSPS) is 13.6. The van der Waals surface area contributed by atoms with Crippen LogP contribution >= 0.6 is 0 Å². The molecule has 0 bridgehead atoms. The lowest BCUT2D eigenvalue weighted by atomic mass is 10.1. The van der Waals surface area contributed by atoms with Crippen molar-refractivity contribution in [3.8, 4) is 0 Å². The lowest BCUT2D eigenvalue weighted by Crippen LogP contribution is -2.32. The van der Waals surface area contributed by atoms with Gasteiger partial charge in [0.15, 0.2) is 0 Å². The Morgan fingerprint density at radius 3 is 2.78 bits per heavy atom. The van der Waals surface area contributed by atoms with Gasteiger partial charge in [-0.25, -0.2) is 5.01 Å². The Balaban J connectivity index is 1.94. The Labute approximate surface area is 105 Å². The van der Waals surface area contributed by atoms with Crippen LogP contribution in [0.5, 0.6) is 0 Å². The highest BCUT2D eigenvalue weighted by Gasteiger charge is 2.27. The Morgan fingerprint density at radius 1 is 1.22 bits per heavy atom. The molecule has 2 aromatic rings. The van der Waals surface area contributed by atoms with Crippen LogP contribution in [0.1, 0.15) is 11.1 Å². The fourth-order valence-corrected chi connectivity index (χ4v) is 2.09. The van der Waals surface area contributed by atoms with E-state index in [1.807, 2.05) is 37.3 Å². The fourth-order valence-electron chi connectivity index (χ4n) is 2.09. The van der Waals surface area contributed by atoms with E-state index in [1.54, 1.807) is 17.4 Å². The summed E-state index contributed by atoms with van der Waals surface area (Å²) in [4.78, 5) is 15.9. The Morgan fingerprint density at radius 2 is 2.00 bits per heavy atom. The summed E-state index contributed by atoms with van der Waals surface area (Å²) >= 11 is 0. The molecule has 1 aliphatic heterocycles. The van der Waals surface area contributed by atoms with Crippen molar-refractivity contribution < 1.29 is 4.79 Å². The predicted molar refractivity (Wildman–Crippen MR) is 70.2 cm³/mol. The summed E-state index contributed by atoms with van der Waals surface area (Å²) in [6.45, 7) is 2.02. The first-order valence-electron chi connectivity index (χ1n) is 5.83. The standard InChI is InChI=1S/C14H13N3O/c1-10-2-3-11-9-14(18)17(13(11)8-10)16-12-4-6-15-7-5-12/h2-8H,9H2,1H3,(H,15,16). The first kappa shape index (κ1) is 10.8. The largest absolute Gasteiger partial charge is 0.291 e. The number of hydrazine groups is 1. The van der Waals surface area contributed by atoms with Crippen LogP contribution in [0.15, 0.2) is 42.7 Å². The van der Waals surface area contributed by atoms with Crippen LogP contribution in [0, 0.1) is 6.92 Å². The number of rotatable bonds is 2. The van der Waals surface area contributed by atoms with Crippen LogP contribution in [-0.4, -0.2) is 10.9 Å². The maximum Gasteiger partial charge on any atom is 0.250 e. The average Bonchev–Trinajstić information content (AvgIpc) is 2.67. The van der Waals surface area contributed by atoms with E-state index in [9.17, 15) is 4.79 Å². The number of hydrogen-bond donors (Lipinski definition) is 1. The number of pyridine rings is 1. The monoisotopic (exact) mass is 239 g/mol. The smallest absolute Gasteiger partial charge is 0.250 e. The summed E-state index contributed by atoms with van der Waals surface area (Å²) in [5.41, 5.74) is 7.12. The molecule has 90 valence electrons. The van der Waals surface area contributed by atoms with Gasteiger partial charge in [-0.05, 0) is 36.2 Å². The molecule has 1 N–H and O–H groups in total. The summed E-state index contributed by atoms with van der Waals surface area (Å²) in [6.07, 6.45) is 3.84. The van der Waals surface area contributed by atoms with E-state index in [0.717, 1.165) is 22.5 Å². The van der Waals surface area contributed by atoms with E-state index in [4.69, 9.17) is 0 Å². The Kier molecular flexibility index (Phi) is 2.48. The lowest BCUT2D eigenvalue weighted by Gasteiger charge is -2.19. The molecular weight excluding hydrogens is 226 g/mol. The van der Waals surface area contributed by atoms with Crippen LogP contribution in [0.3, 0.4) is 0 Å². The first-order chi connectivity index (χ1) is 8.74. The average molecular weight is 239 g/mol. The van der Waals surface area contributed by atoms with Gasteiger partial charge in [0, 0.05) is 12.4 Å². The second-order valence-electron chi connectivity index (χ2n) is 4.39. The zero-order valence-electron chi connectivity index (χ0n) is 10.1. The Hall–Kier alpha value is -2.36. The number of aromatic nitrogens is 1. The molecule has 0 saturated carbocycles. The van der Waals surface area contributed by atoms with Crippen molar-refractivity contribution in [1.29, 1.82) is 0 Å². The number of amides is 1. The molecule has 0 spiro atoms. The summed E-state index contributed by atoms with van der Waals surface area (Å²) in [5, 5.41) is 1.61. The molecule has 4 heteroatoms. The van der Waals surface area contributed by atoms with Crippen molar-refractivity contribution in [2.45, 2.75) is 13.3 Å². The number of carbonyl (C=O) groups excluding carboxylic acids is 1. The maximum absolute atomic E-state index is 12.0. The van der Waals surface area contributed by atoms with E-state index >= 15 is 0 Å². The maximum atomic E-state index is 12.0. The van der Waals surface area contributed by atoms with Gasteiger partial charge in [0.25, 0.3) is 0 Å². The molecule has 0 fully saturated rings. The zero-order valence-corrected chi connectivity index (χ0v) is 10.1. The minimum atomic E-state index is 0.0624. The molecule has 18 heavy (non-hydrogen) atoms. The first-order valence-corrected chi connectivity index (χ1v) is 5.83. The number of hydrogen-bond acceptors (Lipinski definition) is 3. The van der Waals surface area contributed by atoms with Gasteiger partial charge in [0.2, 0.25) is 5.91 Å². The molecule has 1 aliphatic rings. The zero-order chi connectivity index (χ0) is 12.5. The highest BCUT2D eigenvalue weighted by molar-refractivity contribution is 6.02. The van der Waals surface area contributed by atoms with Crippen LogP contribution in [0.4, 0.5) is 11.4 Å². The SMILES string of the molecule is Cc1ccc2c(c1)N(Nc1ccncc1)C(=O)C2. The number of fused-ring (bicyclic) bond motifs is 1. The van der Waals surface area contributed by atoms with Gasteiger partial charge in [-0.1, -0.05) is 12.1 Å². The van der Waals surface area contributed by atoms with Crippen molar-refractivity contribution >= 4 is 17.3 Å². The predicted octanol–water partition coefficient (Wildman–Crippen LogP) is 2.31. The summed E-state index contributed by atoms with van der Waals surface area (Å²) < 4.78 is 0. The number of benzene rings is 1. The van der Waals surface area contributed by atoms with E-state index < -0.39 is 0 Å². The highest BCUT2D eigenvalue weighted by Crippen LogP contribution is 2.29. The van der Waals surface area contributed by atoms with Gasteiger partial charge in [-0.2, -0.15) is 0 Å². The van der Waals surface area contributed by atoms with Gasteiger partial charge in [0.1, 0.15) is 0 Å². The quantitative estimate of drug-likeness (QED) is 0.874. The molecule has 0 radical (unpaired) electrons. The molecule has 1 aromatic carbocycles. The van der Waals surface area contributed by atoms with Crippen molar-refractivity contribution in [2.75, 3.05) is 10.4 Å².